The first kappa shape index (κ1) is 16.2. The second kappa shape index (κ2) is 6.57. The Labute approximate surface area is 117 Å². The van der Waals surface area contributed by atoms with Crippen molar-refractivity contribution in [2.24, 2.45) is 11.1 Å². The molecule has 0 aromatic heterocycles. The lowest BCUT2D eigenvalue weighted by molar-refractivity contribution is 0.0292. The minimum Gasteiger partial charge on any atom is -0.450 e. The van der Waals surface area contributed by atoms with Gasteiger partial charge in [0, 0.05) is 38.3 Å². The van der Waals surface area contributed by atoms with Crippen LogP contribution in [0.5, 0.6) is 0 Å². The molecule has 5 heteroatoms. The number of nitrogens with two attached hydrogens (primary N) is 1. The summed E-state index contributed by atoms with van der Waals surface area (Å²) in [6.45, 7) is 14.2. The number of carbonyl (C=O) groups is 1. The summed E-state index contributed by atoms with van der Waals surface area (Å²) in [7, 11) is 0. The molecule has 0 aliphatic carbocycles. The molecule has 1 amide bonds. The predicted molar refractivity (Wildman–Crippen MR) is 77.1 cm³/mol. The van der Waals surface area contributed by atoms with E-state index in [1.807, 2.05) is 6.92 Å². The first-order valence-corrected chi connectivity index (χ1v) is 7.18. The molecule has 0 saturated carbocycles. The third-order valence-electron chi connectivity index (χ3n) is 3.62. The zero-order valence-electron chi connectivity index (χ0n) is 13.0. The molecule has 0 radical (unpaired) electrons. The molecule has 1 aliphatic heterocycles. The molecule has 1 rings (SSSR count). The van der Waals surface area contributed by atoms with Crippen molar-refractivity contribution in [1.82, 2.24) is 9.80 Å². The highest BCUT2D eigenvalue weighted by molar-refractivity contribution is 5.67. The van der Waals surface area contributed by atoms with E-state index in [2.05, 4.69) is 32.6 Å². The van der Waals surface area contributed by atoms with Gasteiger partial charge in [0.25, 0.3) is 0 Å². The Kier molecular flexibility index (Phi) is 5.62. The molecule has 1 saturated heterocycles. The normalized spacial score (nSPS) is 21.1. The van der Waals surface area contributed by atoms with E-state index in [1.54, 1.807) is 4.90 Å². The molecule has 2 unspecified atom stereocenters. The molecule has 1 aliphatic rings. The lowest BCUT2D eigenvalue weighted by Crippen LogP contribution is -2.59. The van der Waals surface area contributed by atoms with Gasteiger partial charge in [0.1, 0.15) is 0 Å². The number of ether oxygens (including phenoxy) is 1. The monoisotopic (exact) mass is 271 g/mol. The topological polar surface area (TPSA) is 58.8 Å². The smallest absolute Gasteiger partial charge is 0.409 e. The number of hydrogen-bond acceptors (Lipinski definition) is 4. The molecular formula is C14H29N3O2. The van der Waals surface area contributed by atoms with E-state index in [1.165, 1.54) is 0 Å². The van der Waals surface area contributed by atoms with Crippen LogP contribution in [0.25, 0.3) is 0 Å². The first-order chi connectivity index (χ1) is 8.77. The van der Waals surface area contributed by atoms with E-state index in [0.717, 1.165) is 26.2 Å². The van der Waals surface area contributed by atoms with E-state index in [0.29, 0.717) is 12.6 Å². The van der Waals surface area contributed by atoms with Crippen molar-refractivity contribution >= 4 is 6.09 Å². The van der Waals surface area contributed by atoms with Gasteiger partial charge in [-0.25, -0.2) is 4.79 Å². The van der Waals surface area contributed by atoms with Crippen LogP contribution in [0.15, 0.2) is 0 Å². The van der Waals surface area contributed by atoms with Crippen LogP contribution in [-0.4, -0.2) is 60.8 Å². The van der Waals surface area contributed by atoms with E-state index in [4.69, 9.17) is 10.5 Å². The van der Waals surface area contributed by atoms with Crippen LogP contribution in [0.2, 0.25) is 0 Å². The number of amides is 1. The van der Waals surface area contributed by atoms with Crippen LogP contribution >= 0.6 is 0 Å². The SMILES string of the molecule is CCOC(=O)N1CCN(C(C(C)N)C(C)(C)C)CC1. The van der Waals surface area contributed by atoms with Gasteiger partial charge in [0.15, 0.2) is 0 Å². The largest absolute Gasteiger partial charge is 0.450 e. The van der Waals surface area contributed by atoms with Crippen molar-refractivity contribution in [2.75, 3.05) is 32.8 Å². The van der Waals surface area contributed by atoms with Crippen molar-refractivity contribution in [3.63, 3.8) is 0 Å². The van der Waals surface area contributed by atoms with Gasteiger partial charge in [-0.15, -0.1) is 0 Å². The van der Waals surface area contributed by atoms with Crippen molar-refractivity contribution in [2.45, 2.75) is 46.7 Å². The molecule has 5 nitrogen and oxygen atoms in total. The maximum atomic E-state index is 11.7. The van der Waals surface area contributed by atoms with Crippen LogP contribution in [-0.2, 0) is 4.74 Å². The van der Waals surface area contributed by atoms with Crippen LogP contribution in [0.4, 0.5) is 4.79 Å². The Balaban J connectivity index is 2.59. The Morgan fingerprint density at radius 1 is 1.26 bits per heavy atom. The highest BCUT2D eigenvalue weighted by Crippen LogP contribution is 2.27. The van der Waals surface area contributed by atoms with Gasteiger partial charge in [0.2, 0.25) is 0 Å². The minimum absolute atomic E-state index is 0.120. The summed E-state index contributed by atoms with van der Waals surface area (Å²) >= 11 is 0. The molecule has 2 atom stereocenters. The second-order valence-corrected chi connectivity index (χ2v) is 6.39. The van der Waals surface area contributed by atoms with Gasteiger partial charge in [-0.05, 0) is 19.3 Å². The van der Waals surface area contributed by atoms with Gasteiger partial charge in [-0.2, -0.15) is 0 Å². The maximum absolute atomic E-state index is 11.7. The Bertz CT molecular complexity index is 292. The van der Waals surface area contributed by atoms with Crippen LogP contribution in [0.3, 0.4) is 0 Å². The summed E-state index contributed by atoms with van der Waals surface area (Å²) in [6.07, 6.45) is -0.199. The summed E-state index contributed by atoms with van der Waals surface area (Å²) < 4.78 is 5.04. The molecular weight excluding hydrogens is 242 g/mol. The molecule has 1 fully saturated rings. The van der Waals surface area contributed by atoms with E-state index < -0.39 is 0 Å². The zero-order valence-corrected chi connectivity index (χ0v) is 13.0. The molecule has 0 aromatic carbocycles. The molecule has 0 spiro atoms. The summed E-state index contributed by atoms with van der Waals surface area (Å²) in [4.78, 5) is 15.8. The minimum atomic E-state index is -0.199. The fourth-order valence-corrected chi connectivity index (χ4v) is 3.07. The molecule has 19 heavy (non-hydrogen) atoms. The lowest BCUT2D eigenvalue weighted by atomic mass is 9.81. The number of hydrogen-bond donors (Lipinski definition) is 1. The Morgan fingerprint density at radius 2 is 1.79 bits per heavy atom. The Morgan fingerprint density at radius 3 is 2.16 bits per heavy atom. The first-order valence-electron chi connectivity index (χ1n) is 7.18. The Hall–Kier alpha value is -0.810. The van der Waals surface area contributed by atoms with E-state index in [-0.39, 0.29) is 17.6 Å². The summed E-state index contributed by atoms with van der Waals surface area (Å²) in [6, 6.07) is 0.450. The second-order valence-electron chi connectivity index (χ2n) is 6.39. The molecule has 2 N–H and O–H groups in total. The highest BCUT2D eigenvalue weighted by Gasteiger charge is 2.35. The quantitative estimate of drug-likeness (QED) is 0.845. The van der Waals surface area contributed by atoms with Crippen LogP contribution in [0.1, 0.15) is 34.6 Å². The van der Waals surface area contributed by atoms with Crippen molar-refractivity contribution in [1.29, 1.82) is 0 Å². The molecule has 1 heterocycles. The van der Waals surface area contributed by atoms with Crippen molar-refractivity contribution in [3.8, 4) is 0 Å². The number of rotatable bonds is 3. The van der Waals surface area contributed by atoms with Crippen molar-refractivity contribution in [3.05, 3.63) is 0 Å². The lowest BCUT2D eigenvalue weighted by Gasteiger charge is -2.46. The van der Waals surface area contributed by atoms with Crippen molar-refractivity contribution < 1.29 is 9.53 Å². The summed E-state index contributed by atoms with van der Waals surface area (Å²) in [5.74, 6) is 0. The fourth-order valence-electron chi connectivity index (χ4n) is 3.07. The van der Waals surface area contributed by atoms with Crippen LogP contribution < -0.4 is 5.73 Å². The zero-order chi connectivity index (χ0) is 14.6. The van der Waals surface area contributed by atoms with Gasteiger partial charge in [-0.1, -0.05) is 20.8 Å². The third kappa shape index (κ3) is 4.35. The fraction of sp³-hybridized carbons (Fsp3) is 0.929. The van der Waals surface area contributed by atoms with E-state index >= 15 is 0 Å². The maximum Gasteiger partial charge on any atom is 0.409 e. The van der Waals surface area contributed by atoms with Crippen LogP contribution in [0, 0.1) is 5.41 Å². The molecule has 112 valence electrons. The number of piperazine rings is 1. The standard InChI is InChI=1S/C14H29N3O2/c1-6-19-13(18)17-9-7-16(8-10-17)12(11(2)15)14(3,4)5/h11-12H,6-10,15H2,1-5H3. The summed E-state index contributed by atoms with van der Waals surface area (Å²) in [5.41, 5.74) is 6.29. The number of nitrogens with zero attached hydrogens (tertiary/aromatic N) is 2. The number of carbonyl (C=O) groups excluding carboxylic acids is 1. The average molecular weight is 271 g/mol. The van der Waals surface area contributed by atoms with E-state index in [9.17, 15) is 4.79 Å². The predicted octanol–water partition coefficient (Wildman–Crippen LogP) is 1.52. The van der Waals surface area contributed by atoms with Gasteiger partial charge < -0.3 is 15.4 Å². The van der Waals surface area contributed by atoms with Gasteiger partial charge in [-0.3, -0.25) is 4.90 Å². The average Bonchev–Trinajstić information content (AvgIpc) is 2.27. The molecule has 0 aromatic rings. The van der Waals surface area contributed by atoms with Gasteiger partial charge in [0.05, 0.1) is 6.61 Å². The van der Waals surface area contributed by atoms with Gasteiger partial charge >= 0.3 is 6.09 Å². The highest BCUT2D eigenvalue weighted by atomic mass is 16.6. The third-order valence-corrected chi connectivity index (χ3v) is 3.62. The summed E-state index contributed by atoms with van der Waals surface area (Å²) in [5, 5.41) is 0. The molecule has 0 bridgehead atoms.